The first-order chi connectivity index (χ1) is 13.4. The third-order valence-electron chi connectivity index (χ3n) is 5.51. The van der Waals surface area contributed by atoms with E-state index in [0.717, 1.165) is 29.0 Å². The Morgan fingerprint density at radius 1 is 1.18 bits per heavy atom. The van der Waals surface area contributed by atoms with Crippen LogP contribution in [0.25, 0.3) is 0 Å². The van der Waals surface area contributed by atoms with Crippen LogP contribution in [-0.2, 0) is 25.5 Å². The largest absolute Gasteiger partial charge is 0.454 e. The number of ether oxygens (including phenoxy) is 1. The number of carbonyl (C=O) groups excluding carboxylic acids is 4. The van der Waals surface area contributed by atoms with E-state index in [1.165, 1.54) is 0 Å². The van der Waals surface area contributed by atoms with Gasteiger partial charge in [-0.05, 0) is 37.3 Å². The van der Waals surface area contributed by atoms with Crippen molar-refractivity contribution in [1.29, 1.82) is 0 Å². The van der Waals surface area contributed by atoms with Gasteiger partial charge in [-0.15, -0.1) is 0 Å². The van der Waals surface area contributed by atoms with Gasteiger partial charge in [0.1, 0.15) is 12.1 Å². The maximum Gasteiger partial charge on any atom is 0.326 e. The van der Waals surface area contributed by atoms with Crippen LogP contribution in [0.3, 0.4) is 0 Å². The Labute approximate surface area is 163 Å². The summed E-state index contributed by atoms with van der Waals surface area (Å²) in [4.78, 5) is 51.7. The number of para-hydroxylation sites is 1. The number of benzene rings is 1. The van der Waals surface area contributed by atoms with Gasteiger partial charge in [0.15, 0.2) is 6.61 Å². The summed E-state index contributed by atoms with van der Waals surface area (Å²) in [6.45, 7) is 3.24. The zero-order valence-corrected chi connectivity index (χ0v) is 16.2. The molecule has 1 saturated heterocycles. The molecular formula is C20H25N3O5. The Hall–Kier alpha value is -2.90. The van der Waals surface area contributed by atoms with E-state index < -0.39 is 36.6 Å². The average Bonchev–Trinajstić information content (AvgIpc) is 2.96. The van der Waals surface area contributed by atoms with Crippen LogP contribution in [0.15, 0.2) is 24.3 Å². The predicted octanol–water partition coefficient (Wildman–Crippen LogP) is 1.62. The van der Waals surface area contributed by atoms with E-state index in [1.54, 1.807) is 18.7 Å². The number of hydrogen-bond donors (Lipinski definition) is 1. The summed E-state index contributed by atoms with van der Waals surface area (Å²) in [6, 6.07) is 7.03. The molecule has 0 spiro atoms. The molecule has 2 heterocycles. The van der Waals surface area contributed by atoms with Crippen molar-refractivity contribution in [2.24, 2.45) is 0 Å². The lowest BCUT2D eigenvalue weighted by Gasteiger charge is -2.29. The van der Waals surface area contributed by atoms with Crippen molar-refractivity contribution in [3.63, 3.8) is 0 Å². The zero-order valence-electron chi connectivity index (χ0n) is 16.2. The number of hydrogen-bond acceptors (Lipinski definition) is 5. The fourth-order valence-electron chi connectivity index (χ4n) is 3.74. The molecule has 1 fully saturated rings. The molecule has 0 saturated carbocycles. The van der Waals surface area contributed by atoms with Gasteiger partial charge in [0.25, 0.3) is 11.8 Å². The van der Waals surface area contributed by atoms with Crippen LogP contribution in [0.4, 0.5) is 10.5 Å². The zero-order chi connectivity index (χ0) is 20.3. The van der Waals surface area contributed by atoms with Crippen molar-refractivity contribution < 1.29 is 23.9 Å². The van der Waals surface area contributed by atoms with E-state index in [0.29, 0.717) is 19.4 Å². The average molecular weight is 387 g/mol. The highest BCUT2D eigenvalue weighted by Crippen LogP contribution is 2.27. The van der Waals surface area contributed by atoms with Crippen molar-refractivity contribution in [3.8, 4) is 0 Å². The number of nitrogens with one attached hydrogen (secondary N) is 1. The van der Waals surface area contributed by atoms with Crippen LogP contribution >= 0.6 is 0 Å². The molecule has 1 N–H and O–H groups in total. The monoisotopic (exact) mass is 387 g/mol. The molecule has 1 aromatic carbocycles. The van der Waals surface area contributed by atoms with E-state index in [-0.39, 0.29) is 5.91 Å². The van der Waals surface area contributed by atoms with E-state index in [2.05, 4.69) is 5.32 Å². The molecule has 8 nitrogen and oxygen atoms in total. The second kappa shape index (κ2) is 8.00. The molecule has 28 heavy (non-hydrogen) atoms. The molecule has 0 atom stereocenters. The van der Waals surface area contributed by atoms with Crippen LogP contribution < -0.4 is 10.2 Å². The van der Waals surface area contributed by atoms with Gasteiger partial charge < -0.3 is 15.0 Å². The third-order valence-corrected chi connectivity index (χ3v) is 5.51. The van der Waals surface area contributed by atoms with Crippen molar-refractivity contribution >= 4 is 29.5 Å². The summed E-state index contributed by atoms with van der Waals surface area (Å²) >= 11 is 0. The first-order valence-corrected chi connectivity index (χ1v) is 9.60. The first-order valence-electron chi connectivity index (χ1n) is 9.60. The molecule has 0 aliphatic carbocycles. The minimum Gasteiger partial charge on any atom is -0.454 e. The number of anilines is 1. The molecule has 4 amide bonds. The summed E-state index contributed by atoms with van der Waals surface area (Å²) in [6.07, 6.45) is 2.62. The Kier molecular flexibility index (Phi) is 5.67. The summed E-state index contributed by atoms with van der Waals surface area (Å²) in [5.74, 6) is -1.55. The number of esters is 1. The van der Waals surface area contributed by atoms with Gasteiger partial charge in [0.05, 0.1) is 0 Å². The molecule has 150 valence electrons. The summed E-state index contributed by atoms with van der Waals surface area (Å²) < 4.78 is 5.06. The Bertz CT molecular complexity index is 803. The van der Waals surface area contributed by atoms with Crippen LogP contribution in [0.2, 0.25) is 0 Å². The Balaban J connectivity index is 1.57. The molecular weight excluding hydrogens is 362 g/mol. The minimum absolute atomic E-state index is 0.325. The lowest BCUT2D eigenvalue weighted by molar-refractivity contribution is -0.150. The fraction of sp³-hybridized carbons (Fsp3) is 0.500. The molecule has 3 rings (SSSR count). The molecule has 0 aromatic heterocycles. The molecule has 2 aliphatic rings. The SMILES string of the molecule is CCC1(CC)NC(=O)N(CC(=O)OCC(=O)N2CCCc3ccccc32)C1=O. The van der Waals surface area contributed by atoms with E-state index in [4.69, 9.17) is 4.74 Å². The minimum atomic E-state index is -0.968. The van der Waals surface area contributed by atoms with Gasteiger partial charge in [-0.2, -0.15) is 0 Å². The molecule has 0 bridgehead atoms. The number of nitrogens with zero attached hydrogens (tertiary/aromatic N) is 2. The van der Waals surface area contributed by atoms with Crippen LogP contribution in [-0.4, -0.2) is 54.0 Å². The van der Waals surface area contributed by atoms with Gasteiger partial charge in [0.2, 0.25) is 0 Å². The molecule has 8 heteroatoms. The third kappa shape index (κ3) is 3.58. The van der Waals surface area contributed by atoms with E-state index in [1.807, 2.05) is 24.3 Å². The molecule has 2 aliphatic heterocycles. The predicted molar refractivity (Wildman–Crippen MR) is 102 cm³/mol. The summed E-state index contributed by atoms with van der Waals surface area (Å²) in [5, 5.41) is 2.65. The Morgan fingerprint density at radius 3 is 2.57 bits per heavy atom. The van der Waals surface area contributed by atoms with Crippen molar-refractivity contribution in [2.75, 3.05) is 24.6 Å². The second-order valence-corrected chi connectivity index (χ2v) is 7.05. The Morgan fingerprint density at radius 2 is 1.89 bits per heavy atom. The first kappa shape index (κ1) is 19.9. The summed E-state index contributed by atoms with van der Waals surface area (Å²) in [5.41, 5.74) is 0.952. The number of fused-ring (bicyclic) bond motifs is 1. The van der Waals surface area contributed by atoms with Gasteiger partial charge in [0, 0.05) is 12.2 Å². The van der Waals surface area contributed by atoms with Gasteiger partial charge in [-0.25, -0.2) is 4.79 Å². The summed E-state index contributed by atoms with van der Waals surface area (Å²) in [7, 11) is 0. The lowest BCUT2D eigenvalue weighted by atomic mass is 9.93. The van der Waals surface area contributed by atoms with E-state index >= 15 is 0 Å². The maximum absolute atomic E-state index is 12.5. The standard InChI is InChI=1S/C20H25N3O5/c1-3-20(4-2)18(26)23(19(27)21-20)12-17(25)28-13-16(24)22-11-7-9-14-8-5-6-10-15(14)22/h5-6,8,10H,3-4,7,9,11-13H2,1-2H3,(H,21,27). The van der Waals surface area contributed by atoms with E-state index in [9.17, 15) is 19.2 Å². The van der Waals surface area contributed by atoms with Gasteiger partial charge in [-0.3, -0.25) is 19.3 Å². The molecule has 1 aromatic rings. The van der Waals surface area contributed by atoms with Crippen LogP contribution in [0.5, 0.6) is 0 Å². The highest BCUT2D eigenvalue weighted by Gasteiger charge is 2.49. The quantitative estimate of drug-likeness (QED) is 0.591. The fourth-order valence-corrected chi connectivity index (χ4v) is 3.74. The highest BCUT2D eigenvalue weighted by molar-refractivity contribution is 6.08. The van der Waals surface area contributed by atoms with Gasteiger partial charge >= 0.3 is 12.0 Å². The van der Waals surface area contributed by atoms with Crippen molar-refractivity contribution in [1.82, 2.24) is 10.2 Å². The normalized spacial score (nSPS) is 17.9. The smallest absolute Gasteiger partial charge is 0.326 e. The maximum atomic E-state index is 12.5. The topological polar surface area (TPSA) is 96.0 Å². The highest BCUT2D eigenvalue weighted by atomic mass is 16.5. The number of aryl methyl sites for hydroxylation is 1. The number of imide groups is 1. The molecule has 0 unspecified atom stereocenters. The second-order valence-electron chi connectivity index (χ2n) is 7.05. The lowest BCUT2D eigenvalue weighted by Crippen LogP contribution is -2.46. The van der Waals surface area contributed by atoms with Gasteiger partial charge in [-0.1, -0.05) is 32.0 Å². The number of carbonyl (C=O) groups is 4. The van der Waals surface area contributed by atoms with Crippen molar-refractivity contribution in [3.05, 3.63) is 29.8 Å². The number of urea groups is 1. The molecule has 0 radical (unpaired) electrons. The number of amides is 4. The van der Waals surface area contributed by atoms with Crippen LogP contribution in [0.1, 0.15) is 38.7 Å². The van der Waals surface area contributed by atoms with Crippen LogP contribution in [0, 0.1) is 0 Å². The van der Waals surface area contributed by atoms with Crippen molar-refractivity contribution in [2.45, 2.75) is 45.1 Å². The number of rotatable bonds is 6.